The van der Waals surface area contributed by atoms with E-state index in [0.717, 1.165) is 0 Å². The predicted octanol–water partition coefficient (Wildman–Crippen LogP) is 2.62. The first-order valence-electron chi connectivity index (χ1n) is 6.64. The summed E-state index contributed by atoms with van der Waals surface area (Å²) in [5.74, 6) is 0.612. The van der Waals surface area contributed by atoms with E-state index >= 15 is 0 Å². The predicted molar refractivity (Wildman–Crippen MR) is 80.8 cm³/mol. The van der Waals surface area contributed by atoms with E-state index in [1.807, 2.05) is 0 Å². The third-order valence-corrected chi connectivity index (χ3v) is 3.89. The van der Waals surface area contributed by atoms with Gasteiger partial charge < -0.3 is 19.3 Å². The fourth-order valence-electron chi connectivity index (χ4n) is 1.52. The smallest absolute Gasteiger partial charge is 0.395 e. The van der Waals surface area contributed by atoms with Crippen molar-refractivity contribution in [2.45, 2.75) is 6.10 Å². The summed E-state index contributed by atoms with van der Waals surface area (Å²) in [6, 6.07) is 16.8. The minimum Gasteiger partial charge on any atom is -0.395 e. The Bertz CT molecular complexity index is 558. The maximum atomic E-state index is 12.7. The van der Waals surface area contributed by atoms with Gasteiger partial charge in [0.1, 0.15) is 17.6 Å². The van der Waals surface area contributed by atoms with Crippen molar-refractivity contribution in [3.63, 3.8) is 0 Å². The highest BCUT2D eigenvalue weighted by Crippen LogP contribution is 2.49. The number of hydrogen-bond donors (Lipinski definition) is 2. The number of aliphatic hydroxyl groups excluding tert-OH is 2. The Balaban J connectivity index is 2.14. The van der Waals surface area contributed by atoms with Gasteiger partial charge in [-0.1, -0.05) is 36.4 Å². The maximum Gasteiger partial charge on any atom is 0.587 e. The molecule has 2 aromatic rings. The van der Waals surface area contributed by atoms with Gasteiger partial charge in [0.15, 0.2) is 0 Å². The lowest BCUT2D eigenvalue weighted by atomic mass is 10.3. The first-order chi connectivity index (χ1) is 10.6. The molecule has 2 rings (SSSR count). The zero-order chi connectivity index (χ0) is 15.8. The molecule has 1 atom stereocenters. The summed E-state index contributed by atoms with van der Waals surface area (Å²) in [7, 11) is -4.00. The van der Waals surface area contributed by atoms with Crippen LogP contribution in [-0.4, -0.2) is 29.5 Å². The molecule has 0 aliphatic heterocycles. The summed E-state index contributed by atoms with van der Waals surface area (Å²) < 4.78 is 28.4. The van der Waals surface area contributed by atoms with Crippen LogP contribution >= 0.6 is 7.82 Å². The summed E-state index contributed by atoms with van der Waals surface area (Å²) >= 11 is 0. The first-order valence-corrected chi connectivity index (χ1v) is 8.10. The van der Waals surface area contributed by atoms with Gasteiger partial charge in [-0.15, -0.1) is 0 Å². The number of rotatable bonds is 8. The summed E-state index contributed by atoms with van der Waals surface area (Å²) in [6.07, 6.45) is -1.17. The van der Waals surface area contributed by atoms with Gasteiger partial charge in [0.05, 0.1) is 13.2 Å². The molecule has 0 unspecified atom stereocenters. The van der Waals surface area contributed by atoms with Crippen molar-refractivity contribution in [3.05, 3.63) is 60.7 Å². The molecule has 0 aliphatic rings. The summed E-state index contributed by atoms with van der Waals surface area (Å²) in [4.78, 5) is 0. The fourth-order valence-corrected chi connectivity index (χ4v) is 2.78. The molecule has 0 radical (unpaired) electrons. The van der Waals surface area contributed by atoms with Crippen LogP contribution in [0.4, 0.5) is 0 Å². The molecule has 0 amide bonds. The van der Waals surface area contributed by atoms with Gasteiger partial charge >= 0.3 is 7.82 Å². The molecule has 7 heteroatoms. The molecule has 0 aromatic heterocycles. The largest absolute Gasteiger partial charge is 0.587 e. The molecule has 22 heavy (non-hydrogen) atoms. The fraction of sp³-hybridized carbons (Fsp3) is 0.200. The Morgan fingerprint density at radius 1 is 0.909 bits per heavy atom. The standard InChI is InChI=1S/C15H17O6P/c16-11-13(17)12-19-22(18,20-14-7-3-1-4-8-14)21-15-9-5-2-6-10-15/h1-10,13,16-17H,11-12H2/t13-/m0/s1. The summed E-state index contributed by atoms with van der Waals surface area (Å²) in [5, 5.41) is 18.2. The monoisotopic (exact) mass is 324 g/mol. The molecule has 0 bridgehead atoms. The van der Waals surface area contributed by atoms with Crippen molar-refractivity contribution in [3.8, 4) is 11.5 Å². The maximum absolute atomic E-state index is 12.7. The SMILES string of the molecule is O=P(OC[C@@H](O)CO)(Oc1ccccc1)Oc1ccccc1. The topological polar surface area (TPSA) is 85.2 Å². The highest BCUT2D eigenvalue weighted by atomic mass is 31.2. The van der Waals surface area contributed by atoms with E-state index in [-0.39, 0.29) is 6.61 Å². The van der Waals surface area contributed by atoms with E-state index in [2.05, 4.69) is 0 Å². The number of para-hydroxylation sites is 2. The molecule has 0 spiro atoms. The molecular weight excluding hydrogens is 307 g/mol. The molecule has 0 saturated carbocycles. The average molecular weight is 324 g/mol. The van der Waals surface area contributed by atoms with Crippen LogP contribution < -0.4 is 9.05 Å². The normalized spacial score (nSPS) is 12.6. The molecule has 0 aliphatic carbocycles. The summed E-state index contributed by atoms with van der Waals surface area (Å²) in [6.45, 7) is -0.899. The Morgan fingerprint density at radius 2 is 1.36 bits per heavy atom. The lowest BCUT2D eigenvalue weighted by Gasteiger charge is -2.20. The van der Waals surface area contributed by atoms with Gasteiger partial charge in [-0.05, 0) is 24.3 Å². The Morgan fingerprint density at radius 3 is 1.77 bits per heavy atom. The minimum atomic E-state index is -4.00. The van der Waals surface area contributed by atoms with Crippen molar-refractivity contribution in [2.24, 2.45) is 0 Å². The molecule has 0 saturated heterocycles. The van der Waals surface area contributed by atoms with Gasteiger partial charge in [0.2, 0.25) is 0 Å². The molecular formula is C15H17O6P. The van der Waals surface area contributed by atoms with Gasteiger partial charge in [-0.3, -0.25) is 4.52 Å². The number of hydrogen-bond acceptors (Lipinski definition) is 6. The van der Waals surface area contributed by atoms with Crippen LogP contribution in [0.5, 0.6) is 11.5 Å². The Kier molecular flexibility index (Phi) is 5.98. The van der Waals surface area contributed by atoms with Gasteiger partial charge in [0, 0.05) is 0 Å². The van der Waals surface area contributed by atoms with Crippen molar-refractivity contribution in [1.82, 2.24) is 0 Å². The lowest BCUT2D eigenvalue weighted by Crippen LogP contribution is -2.20. The zero-order valence-corrected chi connectivity index (χ0v) is 12.6. The second-order valence-electron chi connectivity index (χ2n) is 4.39. The molecule has 0 fully saturated rings. The molecule has 6 nitrogen and oxygen atoms in total. The van der Waals surface area contributed by atoms with E-state index in [4.69, 9.17) is 18.7 Å². The third kappa shape index (κ3) is 5.16. The molecule has 0 heterocycles. The van der Waals surface area contributed by atoms with Crippen molar-refractivity contribution >= 4 is 7.82 Å². The highest BCUT2D eigenvalue weighted by Gasteiger charge is 2.31. The van der Waals surface area contributed by atoms with Gasteiger partial charge in [-0.25, -0.2) is 4.57 Å². The van der Waals surface area contributed by atoms with E-state index in [1.165, 1.54) is 0 Å². The Hall–Kier alpha value is -1.85. The van der Waals surface area contributed by atoms with E-state index in [0.29, 0.717) is 11.5 Å². The van der Waals surface area contributed by atoms with Gasteiger partial charge in [0.25, 0.3) is 0 Å². The van der Waals surface area contributed by atoms with E-state index in [1.54, 1.807) is 60.7 Å². The number of phosphoric acid groups is 1. The van der Waals surface area contributed by atoms with Crippen LogP contribution in [0, 0.1) is 0 Å². The van der Waals surface area contributed by atoms with Crippen molar-refractivity contribution in [2.75, 3.05) is 13.2 Å². The average Bonchev–Trinajstić information content (AvgIpc) is 2.54. The Labute approximate surface area is 128 Å². The van der Waals surface area contributed by atoms with Crippen molar-refractivity contribution < 1.29 is 28.3 Å². The van der Waals surface area contributed by atoms with Crippen LogP contribution in [0.25, 0.3) is 0 Å². The second kappa shape index (κ2) is 7.96. The highest BCUT2D eigenvalue weighted by molar-refractivity contribution is 7.49. The minimum absolute atomic E-state index is 0.306. The quantitative estimate of drug-likeness (QED) is 0.726. The van der Waals surface area contributed by atoms with Crippen LogP contribution in [0.15, 0.2) is 60.7 Å². The van der Waals surface area contributed by atoms with Crippen LogP contribution in [0.2, 0.25) is 0 Å². The van der Waals surface area contributed by atoms with E-state index < -0.39 is 20.5 Å². The van der Waals surface area contributed by atoms with E-state index in [9.17, 15) is 9.67 Å². The number of benzene rings is 2. The van der Waals surface area contributed by atoms with Crippen LogP contribution in [-0.2, 0) is 9.09 Å². The second-order valence-corrected chi connectivity index (χ2v) is 5.91. The van der Waals surface area contributed by atoms with Gasteiger partial charge in [-0.2, -0.15) is 0 Å². The van der Waals surface area contributed by atoms with Crippen LogP contribution in [0.3, 0.4) is 0 Å². The first kappa shape index (κ1) is 16.5. The van der Waals surface area contributed by atoms with Crippen LogP contribution in [0.1, 0.15) is 0 Å². The summed E-state index contributed by atoms with van der Waals surface area (Å²) in [5.41, 5.74) is 0. The number of phosphoric ester groups is 1. The molecule has 118 valence electrons. The number of aliphatic hydroxyl groups is 2. The molecule has 2 N–H and O–H groups in total. The lowest BCUT2D eigenvalue weighted by molar-refractivity contribution is 0.0440. The molecule has 2 aromatic carbocycles. The zero-order valence-electron chi connectivity index (χ0n) is 11.7. The van der Waals surface area contributed by atoms with Crippen molar-refractivity contribution in [1.29, 1.82) is 0 Å². The third-order valence-electron chi connectivity index (χ3n) is 2.56.